The van der Waals surface area contributed by atoms with Crippen LogP contribution in [0.15, 0.2) is 42.5 Å². The van der Waals surface area contributed by atoms with E-state index in [4.69, 9.17) is 23.2 Å². The van der Waals surface area contributed by atoms with Gasteiger partial charge in [-0.2, -0.15) is 0 Å². The third-order valence-corrected chi connectivity index (χ3v) is 4.60. The Hall–Kier alpha value is -1.71. The van der Waals surface area contributed by atoms with Crippen molar-refractivity contribution in [3.63, 3.8) is 0 Å². The van der Waals surface area contributed by atoms with Crippen molar-refractivity contribution in [2.75, 3.05) is 16.8 Å². The van der Waals surface area contributed by atoms with E-state index in [1.54, 1.807) is 18.2 Å². The van der Waals surface area contributed by atoms with Crippen molar-refractivity contribution in [3.05, 3.63) is 58.1 Å². The molecule has 0 aromatic heterocycles. The fourth-order valence-electron chi connectivity index (χ4n) is 2.80. The Morgan fingerprint density at radius 3 is 2.77 bits per heavy atom. The van der Waals surface area contributed by atoms with Crippen LogP contribution in [-0.4, -0.2) is 18.5 Å². The summed E-state index contributed by atoms with van der Waals surface area (Å²) < 4.78 is 0. The number of anilines is 2. The van der Waals surface area contributed by atoms with Gasteiger partial charge in [-0.25, -0.2) is 0 Å². The van der Waals surface area contributed by atoms with E-state index in [2.05, 4.69) is 29.3 Å². The van der Waals surface area contributed by atoms with Gasteiger partial charge in [-0.15, -0.1) is 0 Å². The molecule has 1 heterocycles. The SMILES string of the molecule is C[C@H]1Cc2ccccc2N1CC(=O)Nc1ccc(Cl)c(Cl)c1. The summed E-state index contributed by atoms with van der Waals surface area (Å²) in [6.45, 7) is 2.45. The normalized spacial score (nSPS) is 16.5. The summed E-state index contributed by atoms with van der Waals surface area (Å²) in [6, 6.07) is 13.6. The first kappa shape index (κ1) is 15.2. The molecule has 1 atom stereocenters. The van der Waals surface area contributed by atoms with Crippen LogP contribution in [0.2, 0.25) is 10.0 Å². The molecule has 0 bridgehead atoms. The lowest BCUT2D eigenvalue weighted by molar-refractivity contribution is -0.115. The van der Waals surface area contributed by atoms with Crippen LogP contribution in [0, 0.1) is 0 Å². The maximum Gasteiger partial charge on any atom is 0.243 e. The third-order valence-electron chi connectivity index (χ3n) is 3.87. The highest BCUT2D eigenvalue weighted by molar-refractivity contribution is 6.42. The largest absolute Gasteiger partial charge is 0.359 e. The number of halogens is 2. The van der Waals surface area contributed by atoms with Crippen LogP contribution in [-0.2, 0) is 11.2 Å². The van der Waals surface area contributed by atoms with Crippen LogP contribution in [0.4, 0.5) is 11.4 Å². The molecule has 1 N–H and O–H groups in total. The molecule has 2 aromatic rings. The number of carbonyl (C=O) groups excluding carboxylic acids is 1. The molecule has 0 fully saturated rings. The fourth-order valence-corrected chi connectivity index (χ4v) is 3.10. The molecule has 114 valence electrons. The zero-order valence-corrected chi connectivity index (χ0v) is 13.7. The molecule has 0 aliphatic carbocycles. The van der Waals surface area contributed by atoms with E-state index in [9.17, 15) is 4.79 Å². The summed E-state index contributed by atoms with van der Waals surface area (Å²) in [5.41, 5.74) is 3.08. The number of nitrogens with one attached hydrogen (secondary N) is 1. The van der Waals surface area contributed by atoms with E-state index in [1.165, 1.54) is 5.56 Å². The first-order chi connectivity index (χ1) is 10.5. The van der Waals surface area contributed by atoms with Crippen LogP contribution in [0.3, 0.4) is 0 Å². The van der Waals surface area contributed by atoms with E-state index in [0.29, 0.717) is 28.3 Å². The fraction of sp³-hybridized carbons (Fsp3) is 0.235. The summed E-state index contributed by atoms with van der Waals surface area (Å²) in [6.07, 6.45) is 0.968. The lowest BCUT2D eigenvalue weighted by atomic mass is 10.1. The highest BCUT2D eigenvalue weighted by Gasteiger charge is 2.26. The molecule has 1 aliphatic heterocycles. The van der Waals surface area contributed by atoms with Crippen LogP contribution in [0.5, 0.6) is 0 Å². The molecule has 3 nitrogen and oxygen atoms in total. The minimum Gasteiger partial charge on any atom is -0.359 e. The number of fused-ring (bicyclic) bond motifs is 1. The number of para-hydroxylation sites is 1. The van der Waals surface area contributed by atoms with Gasteiger partial charge in [0.2, 0.25) is 5.91 Å². The highest BCUT2D eigenvalue weighted by Crippen LogP contribution is 2.31. The zero-order chi connectivity index (χ0) is 15.7. The van der Waals surface area contributed by atoms with Crippen molar-refractivity contribution >= 4 is 40.5 Å². The van der Waals surface area contributed by atoms with Crippen LogP contribution >= 0.6 is 23.2 Å². The van der Waals surface area contributed by atoms with Crippen LogP contribution in [0.25, 0.3) is 0 Å². The van der Waals surface area contributed by atoms with Gasteiger partial charge in [0, 0.05) is 17.4 Å². The topological polar surface area (TPSA) is 32.3 Å². The van der Waals surface area contributed by atoms with Gasteiger partial charge in [-0.3, -0.25) is 4.79 Å². The van der Waals surface area contributed by atoms with Crippen molar-refractivity contribution in [3.8, 4) is 0 Å². The predicted octanol–water partition coefficient (Wildman–Crippen LogP) is 4.38. The first-order valence-corrected chi connectivity index (χ1v) is 7.89. The Kier molecular flexibility index (Phi) is 4.27. The first-order valence-electron chi connectivity index (χ1n) is 7.14. The molecule has 1 amide bonds. The second kappa shape index (κ2) is 6.19. The molecule has 3 rings (SSSR count). The molecule has 22 heavy (non-hydrogen) atoms. The van der Waals surface area contributed by atoms with Crippen LogP contribution < -0.4 is 10.2 Å². The van der Waals surface area contributed by atoms with Gasteiger partial charge < -0.3 is 10.2 Å². The Balaban J connectivity index is 1.70. The maximum atomic E-state index is 12.3. The van der Waals surface area contributed by atoms with Gasteiger partial charge in [0.1, 0.15) is 0 Å². The minimum atomic E-state index is -0.0676. The molecule has 0 spiro atoms. The Bertz CT molecular complexity index is 718. The summed E-state index contributed by atoms with van der Waals surface area (Å²) in [4.78, 5) is 14.4. The number of rotatable bonds is 3. The summed E-state index contributed by atoms with van der Waals surface area (Å²) in [5, 5.41) is 3.77. The van der Waals surface area contributed by atoms with Crippen molar-refractivity contribution in [2.45, 2.75) is 19.4 Å². The van der Waals surface area contributed by atoms with E-state index in [0.717, 1.165) is 12.1 Å². The highest BCUT2D eigenvalue weighted by atomic mass is 35.5. The molecule has 0 radical (unpaired) electrons. The third kappa shape index (κ3) is 3.06. The summed E-state index contributed by atoms with van der Waals surface area (Å²) >= 11 is 11.8. The number of carbonyl (C=O) groups is 1. The molecule has 0 unspecified atom stereocenters. The monoisotopic (exact) mass is 334 g/mol. The summed E-state index contributed by atoms with van der Waals surface area (Å²) in [7, 11) is 0. The molecule has 0 saturated carbocycles. The maximum absolute atomic E-state index is 12.3. The molecular weight excluding hydrogens is 319 g/mol. The second-order valence-corrected chi connectivity index (χ2v) is 6.30. The van der Waals surface area contributed by atoms with Gasteiger partial charge >= 0.3 is 0 Å². The molecule has 2 aromatic carbocycles. The van der Waals surface area contributed by atoms with E-state index in [-0.39, 0.29) is 5.91 Å². The van der Waals surface area contributed by atoms with Crippen molar-refractivity contribution in [1.82, 2.24) is 0 Å². The summed E-state index contributed by atoms with van der Waals surface area (Å²) in [5.74, 6) is -0.0676. The van der Waals surface area contributed by atoms with Crippen LogP contribution in [0.1, 0.15) is 12.5 Å². The van der Waals surface area contributed by atoms with E-state index < -0.39 is 0 Å². The number of benzene rings is 2. The molecular formula is C17H16Cl2N2O. The minimum absolute atomic E-state index is 0.0676. The standard InChI is InChI=1S/C17H16Cl2N2O/c1-11-8-12-4-2-3-5-16(12)21(11)10-17(22)20-13-6-7-14(18)15(19)9-13/h2-7,9,11H,8,10H2,1H3,(H,20,22)/t11-/m0/s1. The average Bonchev–Trinajstić information content (AvgIpc) is 2.79. The predicted molar refractivity (Wildman–Crippen MR) is 92.0 cm³/mol. The van der Waals surface area contributed by atoms with Crippen molar-refractivity contribution < 1.29 is 4.79 Å². The molecule has 1 aliphatic rings. The van der Waals surface area contributed by atoms with Crippen molar-refractivity contribution in [2.24, 2.45) is 0 Å². The lowest BCUT2D eigenvalue weighted by Crippen LogP contribution is -2.37. The van der Waals surface area contributed by atoms with Crippen molar-refractivity contribution in [1.29, 1.82) is 0 Å². The number of hydrogen-bond donors (Lipinski definition) is 1. The van der Waals surface area contributed by atoms with Gasteiger partial charge in [-0.05, 0) is 43.2 Å². The second-order valence-electron chi connectivity index (χ2n) is 5.49. The lowest BCUT2D eigenvalue weighted by Gasteiger charge is -2.24. The molecule has 0 saturated heterocycles. The van der Waals surface area contributed by atoms with E-state index >= 15 is 0 Å². The number of amides is 1. The Morgan fingerprint density at radius 2 is 2.00 bits per heavy atom. The Morgan fingerprint density at radius 1 is 1.23 bits per heavy atom. The Labute approximate surface area is 139 Å². The average molecular weight is 335 g/mol. The van der Waals surface area contributed by atoms with Gasteiger partial charge in [0.15, 0.2) is 0 Å². The van der Waals surface area contributed by atoms with Gasteiger partial charge in [0.05, 0.1) is 16.6 Å². The number of hydrogen-bond acceptors (Lipinski definition) is 2. The quantitative estimate of drug-likeness (QED) is 0.903. The van der Waals surface area contributed by atoms with E-state index in [1.807, 2.05) is 12.1 Å². The smallest absolute Gasteiger partial charge is 0.243 e. The molecule has 5 heteroatoms. The van der Waals surface area contributed by atoms with Gasteiger partial charge in [-0.1, -0.05) is 41.4 Å². The number of nitrogens with zero attached hydrogens (tertiary/aromatic N) is 1. The zero-order valence-electron chi connectivity index (χ0n) is 12.1. The van der Waals surface area contributed by atoms with Gasteiger partial charge in [0.25, 0.3) is 0 Å².